The minimum atomic E-state index is 0.126. The number of benzene rings is 1. The van der Waals surface area contributed by atoms with E-state index >= 15 is 0 Å². The standard InChI is InChI=1S/C8H9N3O2/c9-6-1-2-7(12)5-3-4-11(13)10-8(5)6/h1-4,10,12-13H,9H2. The second-order valence-electron chi connectivity index (χ2n) is 2.73. The quantitative estimate of drug-likeness (QED) is 0.352. The third-order valence-electron chi connectivity index (χ3n) is 1.86. The van der Waals surface area contributed by atoms with Crippen LogP contribution in [-0.4, -0.2) is 15.5 Å². The van der Waals surface area contributed by atoms with Gasteiger partial charge in [-0.25, -0.2) is 0 Å². The summed E-state index contributed by atoms with van der Waals surface area (Å²) in [5, 5.41) is 19.3. The minimum Gasteiger partial charge on any atom is -0.507 e. The van der Waals surface area contributed by atoms with Gasteiger partial charge in [0.1, 0.15) is 5.75 Å². The van der Waals surface area contributed by atoms with E-state index in [4.69, 9.17) is 10.9 Å². The molecule has 68 valence electrons. The highest BCUT2D eigenvalue weighted by molar-refractivity contribution is 5.82. The van der Waals surface area contributed by atoms with Crippen LogP contribution < -0.4 is 11.2 Å². The summed E-state index contributed by atoms with van der Waals surface area (Å²) in [6.45, 7) is 0. The minimum absolute atomic E-state index is 0.126. The molecule has 5 heteroatoms. The van der Waals surface area contributed by atoms with E-state index in [-0.39, 0.29) is 5.75 Å². The number of fused-ring (bicyclic) bond motifs is 1. The zero-order chi connectivity index (χ0) is 9.42. The summed E-state index contributed by atoms with van der Waals surface area (Å²) in [4.78, 5) is 0. The first-order valence-electron chi connectivity index (χ1n) is 3.73. The van der Waals surface area contributed by atoms with Crippen LogP contribution in [0.3, 0.4) is 0 Å². The molecule has 0 spiro atoms. The Labute approximate surface area is 74.6 Å². The van der Waals surface area contributed by atoms with Crippen LogP contribution >= 0.6 is 0 Å². The molecule has 0 saturated heterocycles. The van der Waals surface area contributed by atoms with Crippen molar-refractivity contribution in [3.05, 3.63) is 23.9 Å². The Kier molecular flexibility index (Phi) is 1.53. The second-order valence-corrected chi connectivity index (χ2v) is 2.73. The van der Waals surface area contributed by atoms with Gasteiger partial charge in [-0.2, -0.15) is 5.17 Å². The van der Waals surface area contributed by atoms with Crippen LogP contribution in [-0.2, 0) is 0 Å². The molecule has 2 rings (SSSR count). The number of nitrogens with one attached hydrogen (secondary N) is 1. The van der Waals surface area contributed by atoms with Crippen molar-refractivity contribution >= 4 is 17.5 Å². The van der Waals surface area contributed by atoms with Gasteiger partial charge >= 0.3 is 0 Å². The van der Waals surface area contributed by atoms with Crippen LogP contribution in [0.4, 0.5) is 11.4 Å². The van der Waals surface area contributed by atoms with Gasteiger partial charge in [0.2, 0.25) is 0 Å². The van der Waals surface area contributed by atoms with E-state index in [0.29, 0.717) is 16.9 Å². The van der Waals surface area contributed by atoms with E-state index in [1.807, 2.05) is 0 Å². The van der Waals surface area contributed by atoms with Crippen molar-refractivity contribution in [3.63, 3.8) is 0 Å². The molecular weight excluding hydrogens is 170 g/mol. The Bertz CT molecular complexity index is 376. The number of hydrogen-bond donors (Lipinski definition) is 4. The van der Waals surface area contributed by atoms with Crippen LogP contribution in [0.5, 0.6) is 5.75 Å². The van der Waals surface area contributed by atoms with Crippen molar-refractivity contribution in [3.8, 4) is 5.75 Å². The zero-order valence-corrected chi connectivity index (χ0v) is 6.73. The number of hydroxylamine groups is 1. The Balaban J connectivity index is 2.60. The molecule has 0 bridgehead atoms. The number of hydrazine groups is 1. The fraction of sp³-hybridized carbons (Fsp3) is 0. The molecule has 5 nitrogen and oxygen atoms in total. The van der Waals surface area contributed by atoms with E-state index in [0.717, 1.165) is 5.17 Å². The molecule has 0 unspecified atom stereocenters. The predicted molar refractivity (Wildman–Crippen MR) is 48.8 cm³/mol. The summed E-state index contributed by atoms with van der Waals surface area (Å²) in [6, 6.07) is 3.07. The topological polar surface area (TPSA) is 81.8 Å². The molecule has 1 heterocycles. The molecule has 1 aromatic rings. The van der Waals surface area contributed by atoms with Crippen molar-refractivity contribution in [2.24, 2.45) is 0 Å². The van der Waals surface area contributed by atoms with Gasteiger partial charge in [-0.3, -0.25) is 10.6 Å². The van der Waals surface area contributed by atoms with E-state index in [2.05, 4.69) is 5.43 Å². The maximum absolute atomic E-state index is 9.42. The summed E-state index contributed by atoms with van der Waals surface area (Å²) in [5.41, 5.74) is 9.76. The highest BCUT2D eigenvalue weighted by Gasteiger charge is 2.13. The number of nitrogen functional groups attached to an aromatic ring is 1. The van der Waals surface area contributed by atoms with Crippen molar-refractivity contribution < 1.29 is 10.3 Å². The summed E-state index contributed by atoms with van der Waals surface area (Å²) in [7, 11) is 0. The lowest BCUT2D eigenvalue weighted by Gasteiger charge is -2.22. The first kappa shape index (κ1) is 7.75. The van der Waals surface area contributed by atoms with Gasteiger partial charge in [0.05, 0.1) is 17.6 Å². The van der Waals surface area contributed by atoms with Crippen molar-refractivity contribution in [1.29, 1.82) is 0 Å². The Morgan fingerprint density at radius 1 is 1.38 bits per heavy atom. The first-order chi connectivity index (χ1) is 6.18. The van der Waals surface area contributed by atoms with Gasteiger partial charge in [-0.15, -0.1) is 0 Å². The van der Waals surface area contributed by atoms with Crippen molar-refractivity contribution in [2.45, 2.75) is 0 Å². The highest BCUT2D eigenvalue weighted by atomic mass is 16.5. The molecule has 0 saturated carbocycles. The Hall–Kier alpha value is -1.88. The summed E-state index contributed by atoms with van der Waals surface area (Å²) in [5.74, 6) is 0.126. The van der Waals surface area contributed by atoms with Crippen LogP contribution in [0.25, 0.3) is 6.08 Å². The molecule has 5 N–H and O–H groups in total. The molecule has 0 fully saturated rings. The largest absolute Gasteiger partial charge is 0.507 e. The number of nitrogens with zero attached hydrogens (tertiary/aromatic N) is 1. The van der Waals surface area contributed by atoms with Crippen molar-refractivity contribution in [1.82, 2.24) is 5.17 Å². The first-order valence-corrected chi connectivity index (χ1v) is 3.73. The van der Waals surface area contributed by atoms with Crippen LogP contribution in [0.1, 0.15) is 5.56 Å². The van der Waals surface area contributed by atoms with Crippen molar-refractivity contribution in [2.75, 3.05) is 11.2 Å². The lowest BCUT2D eigenvalue weighted by atomic mass is 10.1. The number of phenolic OH excluding ortho intramolecular Hbond substituents is 1. The fourth-order valence-corrected chi connectivity index (χ4v) is 1.22. The van der Waals surface area contributed by atoms with E-state index in [1.54, 1.807) is 12.1 Å². The third kappa shape index (κ3) is 1.15. The van der Waals surface area contributed by atoms with Gasteiger partial charge < -0.3 is 10.8 Å². The van der Waals surface area contributed by atoms with E-state index in [9.17, 15) is 5.11 Å². The average Bonchev–Trinajstić information content (AvgIpc) is 2.12. The second kappa shape index (κ2) is 2.56. The molecule has 0 amide bonds. The number of anilines is 2. The molecule has 13 heavy (non-hydrogen) atoms. The zero-order valence-electron chi connectivity index (χ0n) is 6.73. The summed E-state index contributed by atoms with van der Waals surface area (Å²) < 4.78 is 0. The Morgan fingerprint density at radius 2 is 2.15 bits per heavy atom. The molecule has 1 aliphatic heterocycles. The molecule has 1 aliphatic rings. The molecule has 0 aliphatic carbocycles. The van der Waals surface area contributed by atoms with Gasteiger partial charge in [-0.05, 0) is 18.2 Å². The number of nitrogens with two attached hydrogens (primary N) is 1. The van der Waals surface area contributed by atoms with Gasteiger partial charge in [0.25, 0.3) is 0 Å². The highest BCUT2D eigenvalue weighted by Crippen LogP contribution is 2.34. The van der Waals surface area contributed by atoms with Gasteiger partial charge in [-0.1, -0.05) is 0 Å². The predicted octanol–water partition coefficient (Wildman–Crippen LogP) is 0.977. The smallest absolute Gasteiger partial charge is 0.125 e. The average molecular weight is 179 g/mol. The lowest BCUT2D eigenvalue weighted by Crippen LogP contribution is -2.23. The monoisotopic (exact) mass is 179 g/mol. The van der Waals surface area contributed by atoms with E-state index in [1.165, 1.54) is 12.3 Å². The number of phenols is 1. The van der Waals surface area contributed by atoms with E-state index < -0.39 is 0 Å². The van der Waals surface area contributed by atoms with Crippen LogP contribution in [0.15, 0.2) is 18.3 Å². The fourth-order valence-electron chi connectivity index (χ4n) is 1.22. The molecular formula is C8H9N3O2. The molecule has 0 atom stereocenters. The molecule has 0 aromatic heterocycles. The molecule has 0 radical (unpaired) electrons. The maximum Gasteiger partial charge on any atom is 0.125 e. The van der Waals surface area contributed by atoms with Crippen LogP contribution in [0.2, 0.25) is 0 Å². The summed E-state index contributed by atoms with van der Waals surface area (Å²) >= 11 is 0. The third-order valence-corrected chi connectivity index (χ3v) is 1.86. The summed E-state index contributed by atoms with van der Waals surface area (Å²) in [6.07, 6.45) is 2.94. The number of rotatable bonds is 0. The molecule has 1 aromatic carbocycles. The number of hydrogen-bond acceptors (Lipinski definition) is 5. The number of aromatic hydroxyl groups is 1. The lowest BCUT2D eigenvalue weighted by molar-refractivity contribution is -0.0141. The SMILES string of the molecule is Nc1ccc(O)c2c1NN(O)C=C2. The van der Waals surface area contributed by atoms with Crippen LogP contribution in [0, 0.1) is 0 Å². The van der Waals surface area contributed by atoms with Gasteiger partial charge in [0, 0.05) is 5.56 Å². The van der Waals surface area contributed by atoms with Gasteiger partial charge in [0.15, 0.2) is 0 Å². The normalized spacial score (nSPS) is 13.8. The Morgan fingerprint density at radius 3 is 2.92 bits per heavy atom. The maximum atomic E-state index is 9.42.